The first kappa shape index (κ1) is 13.4. The number of para-hydroxylation sites is 1. The zero-order valence-electron chi connectivity index (χ0n) is 11.7. The average Bonchev–Trinajstić information content (AvgIpc) is 2.77. The second-order valence-electron chi connectivity index (χ2n) is 5.03. The molecule has 21 heavy (non-hydrogen) atoms. The first-order valence-corrected chi connectivity index (χ1v) is 6.80. The number of rotatable bonds is 3. The fourth-order valence-corrected chi connectivity index (χ4v) is 2.33. The van der Waals surface area contributed by atoms with Crippen molar-refractivity contribution in [1.82, 2.24) is 0 Å². The van der Waals surface area contributed by atoms with Gasteiger partial charge in [0.25, 0.3) is 5.91 Å². The highest BCUT2D eigenvalue weighted by Gasteiger charge is 2.41. The summed E-state index contributed by atoms with van der Waals surface area (Å²) >= 11 is 0. The molecular formula is C17H15NO3. The lowest BCUT2D eigenvalue weighted by molar-refractivity contribution is -0.123. The van der Waals surface area contributed by atoms with E-state index in [1.807, 2.05) is 25.1 Å². The van der Waals surface area contributed by atoms with Crippen molar-refractivity contribution in [2.75, 3.05) is 4.90 Å². The summed E-state index contributed by atoms with van der Waals surface area (Å²) in [6, 6.07) is 16.3. The maximum Gasteiger partial charge on any atom is 0.275 e. The van der Waals surface area contributed by atoms with Crippen molar-refractivity contribution in [3.63, 3.8) is 0 Å². The highest BCUT2D eigenvalue weighted by Crippen LogP contribution is 2.25. The molecule has 0 bridgehead atoms. The zero-order chi connectivity index (χ0) is 14.8. The number of imide groups is 1. The monoisotopic (exact) mass is 281 g/mol. The third-order valence-electron chi connectivity index (χ3n) is 3.42. The van der Waals surface area contributed by atoms with E-state index in [-0.39, 0.29) is 18.2 Å². The number of anilines is 1. The van der Waals surface area contributed by atoms with Gasteiger partial charge in [-0.15, -0.1) is 0 Å². The third kappa shape index (κ3) is 2.65. The van der Waals surface area contributed by atoms with E-state index in [4.69, 9.17) is 4.74 Å². The number of benzene rings is 2. The summed E-state index contributed by atoms with van der Waals surface area (Å²) in [6.07, 6.45) is -0.679. The second kappa shape index (κ2) is 5.40. The molecule has 1 heterocycles. The van der Waals surface area contributed by atoms with Crippen LogP contribution in [0.25, 0.3) is 0 Å². The van der Waals surface area contributed by atoms with Crippen molar-refractivity contribution in [2.45, 2.75) is 19.4 Å². The third-order valence-corrected chi connectivity index (χ3v) is 3.42. The van der Waals surface area contributed by atoms with E-state index in [2.05, 4.69) is 0 Å². The van der Waals surface area contributed by atoms with E-state index in [0.717, 1.165) is 5.56 Å². The van der Waals surface area contributed by atoms with Crippen LogP contribution >= 0.6 is 0 Å². The minimum atomic E-state index is -0.750. The van der Waals surface area contributed by atoms with E-state index in [0.29, 0.717) is 11.4 Å². The molecule has 1 aliphatic heterocycles. The Balaban J connectivity index is 1.79. The lowest BCUT2D eigenvalue weighted by Crippen LogP contribution is -2.33. The van der Waals surface area contributed by atoms with Gasteiger partial charge in [0.15, 0.2) is 6.10 Å². The largest absolute Gasteiger partial charge is 0.480 e. The van der Waals surface area contributed by atoms with Crippen molar-refractivity contribution in [1.29, 1.82) is 0 Å². The Morgan fingerprint density at radius 1 is 1.00 bits per heavy atom. The number of aryl methyl sites for hydroxylation is 1. The van der Waals surface area contributed by atoms with Crippen LogP contribution in [0.5, 0.6) is 5.75 Å². The molecule has 1 unspecified atom stereocenters. The van der Waals surface area contributed by atoms with E-state index in [1.54, 1.807) is 36.4 Å². The highest BCUT2D eigenvalue weighted by atomic mass is 16.5. The maximum absolute atomic E-state index is 12.4. The van der Waals surface area contributed by atoms with Crippen molar-refractivity contribution < 1.29 is 14.3 Å². The van der Waals surface area contributed by atoms with Gasteiger partial charge >= 0.3 is 0 Å². The van der Waals surface area contributed by atoms with Gasteiger partial charge in [0.2, 0.25) is 5.91 Å². The summed E-state index contributed by atoms with van der Waals surface area (Å²) < 4.78 is 5.65. The molecule has 0 spiro atoms. The first-order chi connectivity index (χ1) is 10.1. The molecule has 0 N–H and O–H groups in total. The van der Waals surface area contributed by atoms with Crippen molar-refractivity contribution in [3.8, 4) is 5.75 Å². The number of hydrogen-bond donors (Lipinski definition) is 0. The molecule has 1 saturated heterocycles. The molecule has 0 aromatic heterocycles. The average molecular weight is 281 g/mol. The normalized spacial score (nSPS) is 18.1. The Kier molecular flexibility index (Phi) is 3.44. The zero-order valence-corrected chi connectivity index (χ0v) is 11.7. The Morgan fingerprint density at radius 3 is 2.33 bits per heavy atom. The first-order valence-electron chi connectivity index (χ1n) is 6.80. The number of amides is 2. The summed E-state index contributed by atoms with van der Waals surface area (Å²) in [5.74, 6) is 0.0525. The molecule has 1 aliphatic rings. The molecule has 0 saturated carbocycles. The van der Waals surface area contributed by atoms with Gasteiger partial charge in [-0.25, -0.2) is 4.90 Å². The Morgan fingerprint density at radius 2 is 1.67 bits per heavy atom. The predicted octanol–water partition coefficient (Wildman–Crippen LogP) is 2.71. The van der Waals surface area contributed by atoms with Gasteiger partial charge in [0.05, 0.1) is 12.1 Å². The molecule has 1 atom stereocenters. The van der Waals surface area contributed by atoms with Crippen molar-refractivity contribution >= 4 is 17.5 Å². The number of nitrogens with zero attached hydrogens (tertiary/aromatic N) is 1. The van der Waals surface area contributed by atoms with Crippen LogP contribution in [0.15, 0.2) is 54.6 Å². The Bertz CT molecular complexity index is 664. The summed E-state index contributed by atoms with van der Waals surface area (Å²) in [6.45, 7) is 1.98. The van der Waals surface area contributed by atoms with E-state index in [9.17, 15) is 9.59 Å². The van der Waals surface area contributed by atoms with Gasteiger partial charge in [-0.05, 0) is 31.2 Å². The number of hydrogen-bond acceptors (Lipinski definition) is 3. The van der Waals surface area contributed by atoms with Crippen LogP contribution in [-0.2, 0) is 9.59 Å². The summed E-state index contributed by atoms with van der Waals surface area (Å²) in [4.78, 5) is 25.6. The fourth-order valence-electron chi connectivity index (χ4n) is 2.33. The van der Waals surface area contributed by atoms with Crippen LogP contribution < -0.4 is 9.64 Å². The van der Waals surface area contributed by atoms with Gasteiger partial charge in [-0.2, -0.15) is 0 Å². The Labute approximate surface area is 123 Å². The van der Waals surface area contributed by atoms with Crippen LogP contribution in [0.1, 0.15) is 12.0 Å². The van der Waals surface area contributed by atoms with Gasteiger partial charge < -0.3 is 4.74 Å². The van der Waals surface area contributed by atoms with Gasteiger partial charge in [-0.1, -0.05) is 35.9 Å². The SMILES string of the molecule is Cc1ccc(OC2CC(=O)N(c3ccccc3)C2=O)cc1. The summed E-state index contributed by atoms with van der Waals surface area (Å²) in [7, 11) is 0. The molecule has 3 rings (SSSR count). The van der Waals surface area contributed by atoms with Crippen LogP contribution in [0.4, 0.5) is 5.69 Å². The standard InChI is InChI=1S/C17H15NO3/c1-12-7-9-14(10-8-12)21-15-11-16(19)18(17(15)20)13-5-3-2-4-6-13/h2-10,15H,11H2,1H3. The lowest BCUT2D eigenvalue weighted by Gasteiger charge is -2.15. The van der Waals surface area contributed by atoms with Crippen LogP contribution in [-0.4, -0.2) is 17.9 Å². The predicted molar refractivity (Wildman–Crippen MR) is 79.1 cm³/mol. The summed E-state index contributed by atoms with van der Waals surface area (Å²) in [5, 5.41) is 0. The molecule has 0 aliphatic carbocycles. The van der Waals surface area contributed by atoms with E-state index in [1.165, 1.54) is 4.90 Å². The number of carbonyl (C=O) groups excluding carboxylic acids is 2. The highest BCUT2D eigenvalue weighted by molar-refractivity contribution is 6.22. The molecule has 2 aromatic rings. The van der Waals surface area contributed by atoms with Crippen LogP contribution in [0.2, 0.25) is 0 Å². The number of carbonyl (C=O) groups is 2. The number of ether oxygens (including phenoxy) is 1. The molecule has 4 nitrogen and oxygen atoms in total. The van der Waals surface area contributed by atoms with Crippen LogP contribution in [0.3, 0.4) is 0 Å². The quantitative estimate of drug-likeness (QED) is 0.813. The molecule has 106 valence electrons. The minimum Gasteiger partial charge on any atom is -0.480 e. The summed E-state index contributed by atoms with van der Waals surface area (Å²) in [5.41, 5.74) is 1.70. The smallest absolute Gasteiger partial charge is 0.275 e. The minimum absolute atomic E-state index is 0.0710. The molecule has 1 fully saturated rings. The lowest BCUT2D eigenvalue weighted by atomic mass is 10.2. The molecule has 2 aromatic carbocycles. The van der Waals surface area contributed by atoms with E-state index >= 15 is 0 Å². The maximum atomic E-state index is 12.4. The molecule has 0 radical (unpaired) electrons. The van der Waals surface area contributed by atoms with E-state index < -0.39 is 6.10 Å². The molecule has 2 amide bonds. The van der Waals surface area contributed by atoms with Crippen molar-refractivity contribution in [2.24, 2.45) is 0 Å². The topological polar surface area (TPSA) is 46.6 Å². The van der Waals surface area contributed by atoms with Gasteiger partial charge in [0.1, 0.15) is 5.75 Å². The Hall–Kier alpha value is -2.62. The van der Waals surface area contributed by atoms with Gasteiger partial charge in [0, 0.05) is 0 Å². The fraction of sp³-hybridized carbons (Fsp3) is 0.176. The van der Waals surface area contributed by atoms with Crippen molar-refractivity contribution in [3.05, 3.63) is 60.2 Å². The molecular weight excluding hydrogens is 266 g/mol. The van der Waals surface area contributed by atoms with Crippen LogP contribution in [0, 0.1) is 6.92 Å². The van der Waals surface area contributed by atoms with Gasteiger partial charge in [-0.3, -0.25) is 9.59 Å². The second-order valence-corrected chi connectivity index (χ2v) is 5.03. The molecule has 4 heteroatoms.